The molecule has 0 spiro atoms. The maximum atomic E-state index is 7.12. The molecule has 0 aromatic heterocycles. The van der Waals surface area contributed by atoms with Gasteiger partial charge in [0, 0.05) is 6.42 Å². The van der Waals surface area contributed by atoms with Gasteiger partial charge in [0.2, 0.25) is 0 Å². The standard InChI is InChI=1S/C17H29N/c1-5-15(9-7-13-18)10-11-16-14(2)8-6-12-17(16,3)4/h8-9,13,16,18H,5-7,10-12H2,1-4H3/b15-9+,18-13?. The van der Waals surface area contributed by atoms with Crippen molar-refractivity contribution in [3.63, 3.8) is 0 Å². The van der Waals surface area contributed by atoms with E-state index in [4.69, 9.17) is 5.41 Å². The molecule has 1 aliphatic rings. The second-order valence-corrected chi connectivity index (χ2v) is 6.22. The first kappa shape index (κ1) is 15.2. The number of rotatable bonds is 6. The molecular formula is C17H29N. The van der Waals surface area contributed by atoms with Gasteiger partial charge in [0.05, 0.1) is 0 Å². The van der Waals surface area contributed by atoms with Crippen LogP contribution in [-0.4, -0.2) is 6.21 Å². The van der Waals surface area contributed by atoms with Crippen LogP contribution in [0.5, 0.6) is 0 Å². The summed E-state index contributed by atoms with van der Waals surface area (Å²) in [6.07, 6.45) is 13.1. The number of nitrogens with one attached hydrogen (secondary N) is 1. The van der Waals surface area contributed by atoms with Crippen molar-refractivity contribution in [2.75, 3.05) is 0 Å². The Balaban J connectivity index is 2.62. The molecule has 0 fully saturated rings. The Morgan fingerprint density at radius 2 is 2.22 bits per heavy atom. The van der Waals surface area contributed by atoms with Gasteiger partial charge in [0.1, 0.15) is 0 Å². The maximum absolute atomic E-state index is 7.12. The molecule has 0 radical (unpaired) electrons. The molecule has 1 atom stereocenters. The molecule has 1 heteroatoms. The summed E-state index contributed by atoms with van der Waals surface area (Å²) in [6, 6.07) is 0. The summed E-state index contributed by atoms with van der Waals surface area (Å²) in [4.78, 5) is 0. The predicted molar refractivity (Wildman–Crippen MR) is 81.3 cm³/mol. The Morgan fingerprint density at radius 1 is 1.50 bits per heavy atom. The fourth-order valence-corrected chi connectivity index (χ4v) is 3.20. The zero-order chi connectivity index (χ0) is 13.6. The molecule has 0 saturated carbocycles. The summed E-state index contributed by atoms with van der Waals surface area (Å²) < 4.78 is 0. The minimum Gasteiger partial charge on any atom is -0.313 e. The average molecular weight is 247 g/mol. The minimum atomic E-state index is 0.458. The summed E-state index contributed by atoms with van der Waals surface area (Å²) in [5, 5.41) is 7.12. The lowest BCUT2D eigenvalue weighted by molar-refractivity contribution is 0.204. The Kier molecular flexibility index (Phi) is 5.84. The molecule has 1 unspecified atom stereocenters. The highest BCUT2D eigenvalue weighted by atomic mass is 14.4. The molecule has 102 valence electrons. The molecule has 0 saturated heterocycles. The van der Waals surface area contributed by atoms with Crippen LogP contribution in [0, 0.1) is 16.7 Å². The lowest BCUT2D eigenvalue weighted by Crippen LogP contribution is -2.27. The Morgan fingerprint density at radius 3 is 2.78 bits per heavy atom. The van der Waals surface area contributed by atoms with Gasteiger partial charge in [0.25, 0.3) is 0 Å². The first-order valence-corrected chi connectivity index (χ1v) is 7.34. The number of hydrogen-bond donors (Lipinski definition) is 1. The first-order valence-electron chi connectivity index (χ1n) is 7.34. The van der Waals surface area contributed by atoms with Crippen LogP contribution in [0.4, 0.5) is 0 Å². The van der Waals surface area contributed by atoms with E-state index in [0.29, 0.717) is 5.41 Å². The van der Waals surface area contributed by atoms with Gasteiger partial charge < -0.3 is 5.41 Å². The van der Waals surface area contributed by atoms with Crippen LogP contribution in [0.15, 0.2) is 23.3 Å². The van der Waals surface area contributed by atoms with Crippen molar-refractivity contribution in [1.29, 1.82) is 5.41 Å². The molecule has 1 N–H and O–H groups in total. The van der Waals surface area contributed by atoms with Gasteiger partial charge in [-0.15, -0.1) is 0 Å². The molecule has 18 heavy (non-hydrogen) atoms. The van der Waals surface area contributed by atoms with E-state index < -0.39 is 0 Å². The van der Waals surface area contributed by atoms with Crippen LogP contribution in [0.3, 0.4) is 0 Å². The van der Waals surface area contributed by atoms with E-state index in [0.717, 1.165) is 18.8 Å². The van der Waals surface area contributed by atoms with E-state index in [1.165, 1.54) is 37.5 Å². The zero-order valence-electron chi connectivity index (χ0n) is 12.6. The molecule has 1 aliphatic carbocycles. The van der Waals surface area contributed by atoms with E-state index in [1.54, 1.807) is 5.57 Å². The van der Waals surface area contributed by atoms with Crippen LogP contribution in [0.2, 0.25) is 0 Å². The fourth-order valence-electron chi connectivity index (χ4n) is 3.20. The Hall–Kier alpha value is -0.850. The third-order valence-electron chi connectivity index (χ3n) is 4.48. The maximum Gasteiger partial charge on any atom is 0.000250 e. The zero-order valence-corrected chi connectivity index (χ0v) is 12.6. The number of hydrogen-bond acceptors (Lipinski definition) is 1. The fraction of sp³-hybridized carbons (Fsp3) is 0.706. The molecule has 0 bridgehead atoms. The second-order valence-electron chi connectivity index (χ2n) is 6.22. The molecule has 1 nitrogen and oxygen atoms in total. The largest absolute Gasteiger partial charge is 0.313 e. The molecule has 0 aromatic rings. The third-order valence-corrected chi connectivity index (χ3v) is 4.48. The topological polar surface area (TPSA) is 23.9 Å². The van der Waals surface area contributed by atoms with Crippen molar-refractivity contribution >= 4 is 6.21 Å². The van der Waals surface area contributed by atoms with Crippen LogP contribution in [0.25, 0.3) is 0 Å². The number of allylic oxidation sites excluding steroid dienone is 4. The van der Waals surface area contributed by atoms with Crippen LogP contribution in [-0.2, 0) is 0 Å². The van der Waals surface area contributed by atoms with Crippen molar-refractivity contribution in [3.8, 4) is 0 Å². The Labute approximate surface area is 113 Å². The highest BCUT2D eigenvalue weighted by Gasteiger charge is 2.32. The summed E-state index contributed by atoms with van der Waals surface area (Å²) >= 11 is 0. The van der Waals surface area contributed by atoms with E-state index in [9.17, 15) is 0 Å². The quantitative estimate of drug-likeness (QED) is 0.471. The SMILES string of the molecule is CC/C(=C\CC=N)CCC1C(C)=CCCC1(C)C. The second kappa shape index (κ2) is 6.92. The highest BCUT2D eigenvalue weighted by Crippen LogP contribution is 2.43. The van der Waals surface area contributed by atoms with Crippen molar-refractivity contribution < 1.29 is 0 Å². The third kappa shape index (κ3) is 4.12. The van der Waals surface area contributed by atoms with Gasteiger partial charge in [-0.1, -0.05) is 44.1 Å². The summed E-state index contributed by atoms with van der Waals surface area (Å²) in [5.41, 5.74) is 3.57. The predicted octanol–water partition coefficient (Wildman–Crippen LogP) is 5.53. The summed E-state index contributed by atoms with van der Waals surface area (Å²) in [6.45, 7) is 9.37. The van der Waals surface area contributed by atoms with Gasteiger partial charge in [0.15, 0.2) is 0 Å². The van der Waals surface area contributed by atoms with Crippen molar-refractivity contribution in [3.05, 3.63) is 23.3 Å². The van der Waals surface area contributed by atoms with Gasteiger partial charge in [-0.3, -0.25) is 0 Å². The van der Waals surface area contributed by atoms with E-state index >= 15 is 0 Å². The van der Waals surface area contributed by atoms with Crippen molar-refractivity contribution in [2.45, 2.75) is 66.2 Å². The van der Waals surface area contributed by atoms with E-state index in [1.807, 2.05) is 0 Å². The minimum absolute atomic E-state index is 0.458. The molecule has 0 aromatic carbocycles. The smallest absolute Gasteiger partial charge is 0.000250 e. The van der Waals surface area contributed by atoms with Crippen LogP contribution < -0.4 is 0 Å². The summed E-state index contributed by atoms with van der Waals surface area (Å²) in [7, 11) is 0. The van der Waals surface area contributed by atoms with Gasteiger partial charge in [-0.2, -0.15) is 0 Å². The highest BCUT2D eigenvalue weighted by molar-refractivity contribution is 5.55. The van der Waals surface area contributed by atoms with Crippen molar-refractivity contribution in [2.24, 2.45) is 11.3 Å². The lowest BCUT2D eigenvalue weighted by Gasteiger charge is -2.38. The molecule has 0 amide bonds. The monoisotopic (exact) mass is 247 g/mol. The van der Waals surface area contributed by atoms with E-state index in [2.05, 4.69) is 39.8 Å². The van der Waals surface area contributed by atoms with Crippen LogP contribution in [0.1, 0.15) is 66.2 Å². The lowest BCUT2D eigenvalue weighted by atomic mass is 9.66. The average Bonchev–Trinajstić information content (AvgIpc) is 2.31. The van der Waals surface area contributed by atoms with Crippen LogP contribution >= 0.6 is 0 Å². The van der Waals surface area contributed by atoms with Gasteiger partial charge >= 0.3 is 0 Å². The summed E-state index contributed by atoms with van der Waals surface area (Å²) in [5.74, 6) is 0.737. The van der Waals surface area contributed by atoms with Crippen molar-refractivity contribution in [1.82, 2.24) is 0 Å². The van der Waals surface area contributed by atoms with Gasteiger partial charge in [-0.05, 0) is 56.6 Å². The van der Waals surface area contributed by atoms with E-state index in [-0.39, 0.29) is 0 Å². The first-order chi connectivity index (χ1) is 8.51. The molecule has 0 aliphatic heterocycles. The molecule has 0 heterocycles. The molecule has 1 rings (SSSR count). The Bertz CT molecular complexity index is 334. The van der Waals surface area contributed by atoms with Gasteiger partial charge in [-0.25, -0.2) is 0 Å². The molecular weight excluding hydrogens is 218 g/mol. The normalized spacial score (nSPS) is 23.7.